The number of methoxy groups -OCH3 is 1. The fourth-order valence-corrected chi connectivity index (χ4v) is 2.21. The Bertz CT molecular complexity index is 672. The van der Waals surface area contributed by atoms with Crippen LogP contribution >= 0.6 is 0 Å². The zero-order valence-electron chi connectivity index (χ0n) is 11.0. The normalized spacial score (nSPS) is 13.2. The summed E-state index contributed by atoms with van der Waals surface area (Å²) in [6.07, 6.45) is 1.87. The Morgan fingerprint density at radius 2 is 1.85 bits per heavy atom. The Morgan fingerprint density at radius 1 is 1.10 bits per heavy atom. The molecule has 0 saturated carbocycles. The lowest BCUT2D eigenvalue weighted by atomic mass is 10.00. The van der Waals surface area contributed by atoms with Crippen LogP contribution in [0, 0.1) is 0 Å². The molecule has 0 spiro atoms. The van der Waals surface area contributed by atoms with Gasteiger partial charge in [0, 0.05) is 12.1 Å². The molecule has 2 aromatic carbocycles. The van der Waals surface area contributed by atoms with E-state index in [1.54, 1.807) is 7.11 Å². The van der Waals surface area contributed by atoms with Gasteiger partial charge in [0.15, 0.2) is 0 Å². The first-order valence-corrected chi connectivity index (χ1v) is 6.21. The second-order valence-electron chi connectivity index (χ2n) is 4.56. The number of fused-ring (bicyclic) bond motifs is 1. The third kappa shape index (κ3) is 2.16. The third-order valence-electron chi connectivity index (χ3n) is 3.27. The number of aromatic hydroxyl groups is 2. The minimum atomic E-state index is -0.0115. The summed E-state index contributed by atoms with van der Waals surface area (Å²) in [7, 11) is 1.62. The summed E-state index contributed by atoms with van der Waals surface area (Å²) >= 11 is 0. The van der Waals surface area contributed by atoms with Crippen molar-refractivity contribution in [3.05, 3.63) is 47.5 Å². The molecular weight excluding hydrogens is 256 g/mol. The van der Waals surface area contributed by atoms with Crippen LogP contribution in [-0.4, -0.2) is 23.9 Å². The standard InChI is InChI=1S/C16H14O4/c1-19-13-4-2-10(3-5-13)11-6-14-15(18)7-12(17)8-16(14)20-9-11/h2-8,17-18H,9H2,1H3. The van der Waals surface area contributed by atoms with Gasteiger partial charge in [0.25, 0.3) is 0 Å². The predicted molar refractivity (Wildman–Crippen MR) is 76.1 cm³/mol. The van der Waals surface area contributed by atoms with Crippen LogP contribution in [0.15, 0.2) is 36.4 Å². The Kier molecular flexibility index (Phi) is 2.99. The molecule has 20 heavy (non-hydrogen) atoms. The Labute approximate surface area is 116 Å². The minimum Gasteiger partial charge on any atom is -0.508 e. The molecule has 0 aromatic heterocycles. The molecule has 1 heterocycles. The zero-order chi connectivity index (χ0) is 14.1. The number of benzene rings is 2. The summed E-state index contributed by atoms with van der Waals surface area (Å²) in [5, 5.41) is 19.3. The maximum absolute atomic E-state index is 9.88. The summed E-state index contributed by atoms with van der Waals surface area (Å²) in [6, 6.07) is 10.4. The Morgan fingerprint density at radius 3 is 2.55 bits per heavy atom. The Balaban J connectivity index is 2.01. The number of phenols is 2. The van der Waals surface area contributed by atoms with Crippen molar-refractivity contribution in [2.75, 3.05) is 13.7 Å². The molecule has 0 bridgehead atoms. The summed E-state index contributed by atoms with van der Waals surface area (Å²) in [4.78, 5) is 0. The van der Waals surface area contributed by atoms with Gasteiger partial charge in [0.05, 0.1) is 12.7 Å². The average Bonchev–Trinajstić information content (AvgIpc) is 2.47. The first kappa shape index (κ1) is 12.4. The molecule has 0 fully saturated rings. The van der Waals surface area contributed by atoms with E-state index in [0.717, 1.165) is 16.9 Å². The highest BCUT2D eigenvalue weighted by atomic mass is 16.5. The van der Waals surface area contributed by atoms with E-state index in [-0.39, 0.29) is 11.5 Å². The van der Waals surface area contributed by atoms with Crippen LogP contribution in [0.25, 0.3) is 11.6 Å². The molecule has 0 amide bonds. The van der Waals surface area contributed by atoms with E-state index in [1.165, 1.54) is 12.1 Å². The van der Waals surface area contributed by atoms with E-state index in [1.807, 2.05) is 30.3 Å². The molecule has 0 unspecified atom stereocenters. The molecule has 0 radical (unpaired) electrons. The van der Waals surface area contributed by atoms with Crippen molar-refractivity contribution < 1.29 is 19.7 Å². The quantitative estimate of drug-likeness (QED) is 0.880. The van der Waals surface area contributed by atoms with Crippen LogP contribution in [0.4, 0.5) is 0 Å². The van der Waals surface area contributed by atoms with Crippen molar-refractivity contribution >= 4 is 11.6 Å². The molecule has 2 N–H and O–H groups in total. The lowest BCUT2D eigenvalue weighted by Crippen LogP contribution is -2.06. The number of rotatable bonds is 2. The molecule has 0 aliphatic carbocycles. The number of hydrogen-bond donors (Lipinski definition) is 2. The first-order chi connectivity index (χ1) is 9.67. The van der Waals surface area contributed by atoms with Crippen LogP contribution in [0.5, 0.6) is 23.0 Å². The van der Waals surface area contributed by atoms with Crippen molar-refractivity contribution in [3.63, 3.8) is 0 Å². The van der Waals surface area contributed by atoms with E-state index in [2.05, 4.69) is 0 Å². The third-order valence-corrected chi connectivity index (χ3v) is 3.27. The van der Waals surface area contributed by atoms with Crippen molar-refractivity contribution in [1.82, 2.24) is 0 Å². The lowest BCUT2D eigenvalue weighted by Gasteiger charge is -2.19. The van der Waals surface area contributed by atoms with Gasteiger partial charge in [-0.1, -0.05) is 12.1 Å². The van der Waals surface area contributed by atoms with E-state index in [4.69, 9.17) is 9.47 Å². The molecule has 1 aliphatic heterocycles. The van der Waals surface area contributed by atoms with Crippen LogP contribution in [0.2, 0.25) is 0 Å². The molecule has 4 heteroatoms. The zero-order valence-corrected chi connectivity index (χ0v) is 11.0. The van der Waals surface area contributed by atoms with Gasteiger partial charge in [0.2, 0.25) is 0 Å². The van der Waals surface area contributed by atoms with Gasteiger partial charge < -0.3 is 19.7 Å². The highest BCUT2D eigenvalue weighted by Crippen LogP contribution is 2.39. The van der Waals surface area contributed by atoms with Crippen LogP contribution in [-0.2, 0) is 0 Å². The van der Waals surface area contributed by atoms with Gasteiger partial charge in [-0.15, -0.1) is 0 Å². The van der Waals surface area contributed by atoms with Gasteiger partial charge in [-0.2, -0.15) is 0 Å². The molecular formula is C16H14O4. The number of ether oxygens (including phenoxy) is 2. The summed E-state index contributed by atoms with van der Waals surface area (Å²) in [5.74, 6) is 1.27. The van der Waals surface area contributed by atoms with Gasteiger partial charge in [-0.3, -0.25) is 0 Å². The van der Waals surface area contributed by atoms with Crippen molar-refractivity contribution in [2.24, 2.45) is 0 Å². The molecule has 3 rings (SSSR count). The van der Waals surface area contributed by atoms with E-state index in [0.29, 0.717) is 17.9 Å². The Hall–Kier alpha value is -2.62. The second-order valence-corrected chi connectivity index (χ2v) is 4.56. The fraction of sp³-hybridized carbons (Fsp3) is 0.125. The molecule has 0 atom stereocenters. The largest absolute Gasteiger partial charge is 0.508 e. The summed E-state index contributed by atoms with van der Waals surface area (Å²) in [5.41, 5.74) is 2.55. The van der Waals surface area contributed by atoms with Gasteiger partial charge in [0.1, 0.15) is 29.6 Å². The van der Waals surface area contributed by atoms with Crippen LogP contribution in [0.3, 0.4) is 0 Å². The maximum Gasteiger partial charge on any atom is 0.134 e. The highest BCUT2D eigenvalue weighted by Gasteiger charge is 2.17. The molecule has 0 saturated heterocycles. The summed E-state index contributed by atoms with van der Waals surface area (Å²) in [6.45, 7) is 0.391. The van der Waals surface area contributed by atoms with Gasteiger partial charge in [-0.25, -0.2) is 0 Å². The summed E-state index contributed by atoms with van der Waals surface area (Å²) < 4.78 is 10.7. The van der Waals surface area contributed by atoms with E-state index >= 15 is 0 Å². The van der Waals surface area contributed by atoms with E-state index < -0.39 is 0 Å². The highest BCUT2D eigenvalue weighted by molar-refractivity contribution is 5.87. The van der Waals surface area contributed by atoms with E-state index in [9.17, 15) is 10.2 Å². The molecule has 4 nitrogen and oxygen atoms in total. The molecule has 1 aliphatic rings. The smallest absolute Gasteiger partial charge is 0.134 e. The SMILES string of the molecule is COc1ccc(C2=Cc3c(O)cc(O)cc3OC2)cc1. The first-order valence-electron chi connectivity index (χ1n) is 6.21. The average molecular weight is 270 g/mol. The molecule has 2 aromatic rings. The van der Waals surface area contributed by atoms with Crippen molar-refractivity contribution in [3.8, 4) is 23.0 Å². The predicted octanol–water partition coefficient (Wildman–Crippen LogP) is 3.04. The van der Waals surface area contributed by atoms with Gasteiger partial charge >= 0.3 is 0 Å². The van der Waals surface area contributed by atoms with Crippen molar-refractivity contribution in [1.29, 1.82) is 0 Å². The lowest BCUT2D eigenvalue weighted by molar-refractivity contribution is 0.356. The number of phenolic OH excluding ortho intramolecular Hbond substituents is 2. The molecule has 102 valence electrons. The second kappa shape index (κ2) is 4.81. The topological polar surface area (TPSA) is 58.9 Å². The van der Waals surface area contributed by atoms with Crippen LogP contribution in [0.1, 0.15) is 11.1 Å². The maximum atomic E-state index is 9.88. The fourth-order valence-electron chi connectivity index (χ4n) is 2.21. The van der Waals surface area contributed by atoms with Gasteiger partial charge in [-0.05, 0) is 29.3 Å². The van der Waals surface area contributed by atoms with Crippen molar-refractivity contribution in [2.45, 2.75) is 0 Å². The number of hydrogen-bond acceptors (Lipinski definition) is 4. The monoisotopic (exact) mass is 270 g/mol. The van der Waals surface area contributed by atoms with Crippen LogP contribution < -0.4 is 9.47 Å². The minimum absolute atomic E-state index is 0.00529.